The quantitative estimate of drug-likeness (QED) is 0.117. The van der Waals surface area contributed by atoms with Gasteiger partial charge in [0, 0.05) is 36.8 Å². The number of aromatic nitrogens is 3. The van der Waals surface area contributed by atoms with E-state index >= 15 is 0 Å². The Hall–Kier alpha value is -5.96. The highest BCUT2D eigenvalue weighted by Gasteiger charge is 2.19. The number of halogens is 1. The Morgan fingerprint density at radius 3 is 2.35 bits per heavy atom. The second-order valence-electron chi connectivity index (χ2n) is 9.74. The average molecular weight is 634 g/mol. The van der Waals surface area contributed by atoms with Crippen LogP contribution in [0.15, 0.2) is 70.4 Å². The maximum Gasteiger partial charge on any atom is 0.354 e. The number of hydrogen-bond acceptors (Lipinski definition) is 11. The molecule has 1 amide bonds. The number of nitrogens with one attached hydrogen (secondary N) is 2. The monoisotopic (exact) mass is 633 g/mol. The molecule has 0 aliphatic heterocycles. The number of hydrogen-bond donors (Lipinski definition) is 5. The lowest BCUT2D eigenvalue weighted by Gasteiger charge is -2.12. The van der Waals surface area contributed by atoms with Crippen molar-refractivity contribution in [1.29, 1.82) is 0 Å². The third-order valence-corrected chi connectivity index (χ3v) is 6.63. The largest absolute Gasteiger partial charge is 0.477 e. The van der Waals surface area contributed by atoms with Crippen molar-refractivity contribution in [3.8, 4) is 0 Å². The number of anilines is 2. The first-order chi connectivity index (χ1) is 21.4. The van der Waals surface area contributed by atoms with Crippen LogP contribution in [-0.2, 0) is 17.8 Å². The Morgan fingerprint density at radius 2 is 1.74 bits per heavy atom. The van der Waals surface area contributed by atoms with Crippen molar-refractivity contribution in [3.63, 3.8) is 0 Å². The molecule has 1 atom stereocenters. The van der Waals surface area contributed by atoms with Gasteiger partial charge >= 0.3 is 11.9 Å². The molecule has 3 aromatic carbocycles. The van der Waals surface area contributed by atoms with Gasteiger partial charge in [0.1, 0.15) is 22.9 Å². The van der Waals surface area contributed by atoms with Crippen LogP contribution in [0.1, 0.15) is 68.4 Å². The van der Waals surface area contributed by atoms with E-state index < -0.39 is 28.6 Å². The molecule has 14 nitrogen and oxygen atoms in total. The number of esters is 1. The average Bonchev–Trinajstić information content (AvgIpc) is 3.52. The van der Waals surface area contributed by atoms with E-state index in [1.807, 2.05) is 19.1 Å². The van der Waals surface area contributed by atoms with Crippen LogP contribution in [0, 0.1) is 5.82 Å². The molecule has 0 fully saturated rings. The zero-order chi connectivity index (χ0) is 32.8. The summed E-state index contributed by atoms with van der Waals surface area (Å²) in [6, 6.07) is 13.8. The molecule has 0 saturated heterocycles. The van der Waals surface area contributed by atoms with E-state index in [4.69, 9.17) is 11.5 Å². The van der Waals surface area contributed by atoms with Crippen molar-refractivity contribution < 1.29 is 28.6 Å². The molecule has 0 spiro atoms. The van der Waals surface area contributed by atoms with Gasteiger partial charge < -0.3 is 31.9 Å². The summed E-state index contributed by atoms with van der Waals surface area (Å²) in [5, 5.41) is 18.4. The van der Waals surface area contributed by atoms with Crippen LogP contribution >= 0.6 is 0 Å². The van der Waals surface area contributed by atoms with Crippen molar-refractivity contribution in [2.75, 3.05) is 18.2 Å². The molecular weight excluding hydrogens is 601 g/mol. The number of nitrogens with zero attached hydrogens (tertiary/aromatic N) is 3. The number of fused-ring (bicyclic) bond motifs is 1. The molecule has 0 saturated carbocycles. The smallest absolute Gasteiger partial charge is 0.354 e. The third-order valence-electron chi connectivity index (χ3n) is 6.63. The molecule has 0 aliphatic carbocycles. The normalized spacial score (nSPS) is 11.1. The van der Waals surface area contributed by atoms with Crippen LogP contribution < -0.4 is 33.0 Å². The molecule has 7 N–H and O–H groups in total. The zero-order valence-corrected chi connectivity index (χ0v) is 24.0. The van der Waals surface area contributed by atoms with Crippen LogP contribution in [0.25, 0.3) is 5.65 Å². The van der Waals surface area contributed by atoms with Gasteiger partial charge in [-0.2, -0.15) is 5.10 Å². The molecule has 46 heavy (non-hydrogen) atoms. The highest BCUT2D eigenvalue weighted by molar-refractivity contribution is 5.96. The van der Waals surface area contributed by atoms with E-state index in [9.17, 15) is 33.5 Å². The van der Waals surface area contributed by atoms with Crippen LogP contribution in [0.2, 0.25) is 0 Å². The van der Waals surface area contributed by atoms with Gasteiger partial charge in [0.2, 0.25) is 0 Å². The van der Waals surface area contributed by atoms with Crippen LogP contribution in [0.3, 0.4) is 0 Å². The molecule has 240 valence electrons. The minimum atomic E-state index is -1.27. The predicted octanol–water partition coefficient (Wildman–Crippen LogP) is 2.42. The van der Waals surface area contributed by atoms with E-state index in [2.05, 4.69) is 25.5 Å². The molecule has 15 heteroatoms. The summed E-state index contributed by atoms with van der Waals surface area (Å²) < 4.78 is 19.8. The number of carboxylic acid groups (broad SMARTS) is 1. The Labute approximate surface area is 261 Å². The van der Waals surface area contributed by atoms with Gasteiger partial charge in [-0.3, -0.25) is 14.4 Å². The summed E-state index contributed by atoms with van der Waals surface area (Å²) in [5.74, 6) is -2.77. The Kier molecular flexibility index (Phi) is 11.0. The minimum absolute atomic E-state index is 0. The number of methoxy groups -OCH3 is 1. The number of nitrogen functional groups attached to an aromatic ring is 1. The third kappa shape index (κ3) is 7.57. The number of carbonyl (C=O) groups excluding carboxylic acids is 2. The van der Waals surface area contributed by atoms with E-state index in [-0.39, 0.29) is 66.5 Å². The minimum Gasteiger partial charge on any atom is -0.477 e. The SMILES string of the molecule is C.COC(=O)c1ccc([C@@H](C)N)cc1.Nc1c(NCc2cc(CNC(=O)c3cc(C(=O)O)n4nccc4n3)ccc2F)c(=O)c1=O. The van der Waals surface area contributed by atoms with Crippen molar-refractivity contribution in [1.82, 2.24) is 19.9 Å². The second-order valence-corrected chi connectivity index (χ2v) is 9.74. The maximum absolute atomic E-state index is 14.1. The maximum atomic E-state index is 14.1. The first-order valence-electron chi connectivity index (χ1n) is 13.3. The highest BCUT2D eigenvalue weighted by atomic mass is 19.1. The lowest BCUT2D eigenvalue weighted by atomic mass is 10.1. The number of carbonyl (C=O) groups is 3. The number of aromatic carboxylic acids is 1. The Balaban J connectivity index is 0.000000347. The summed E-state index contributed by atoms with van der Waals surface area (Å²) in [5.41, 5.74) is 11.5. The van der Waals surface area contributed by atoms with Crippen molar-refractivity contribution in [2.45, 2.75) is 33.5 Å². The number of nitrogens with two attached hydrogens (primary N) is 2. The lowest BCUT2D eigenvalue weighted by Crippen LogP contribution is -2.37. The summed E-state index contributed by atoms with van der Waals surface area (Å²) in [4.78, 5) is 61.7. The van der Waals surface area contributed by atoms with Crippen molar-refractivity contribution >= 4 is 34.9 Å². The van der Waals surface area contributed by atoms with Crippen LogP contribution in [0.4, 0.5) is 15.8 Å². The lowest BCUT2D eigenvalue weighted by molar-refractivity contribution is 0.0599. The van der Waals surface area contributed by atoms with Crippen molar-refractivity contribution in [3.05, 3.63) is 121 Å². The van der Waals surface area contributed by atoms with Gasteiger partial charge in [0.25, 0.3) is 16.8 Å². The first-order valence-corrected chi connectivity index (χ1v) is 13.3. The molecule has 0 radical (unpaired) electrons. The van der Waals surface area contributed by atoms with Gasteiger partial charge in [-0.05, 0) is 42.3 Å². The number of benzene rings is 2. The van der Waals surface area contributed by atoms with E-state index in [0.29, 0.717) is 11.1 Å². The summed E-state index contributed by atoms with van der Waals surface area (Å²) >= 11 is 0. The molecule has 2 aromatic heterocycles. The highest BCUT2D eigenvalue weighted by Crippen LogP contribution is 2.16. The number of carboxylic acids is 1. The first kappa shape index (κ1) is 34.5. The van der Waals surface area contributed by atoms with Crippen molar-refractivity contribution in [2.24, 2.45) is 5.73 Å². The molecular formula is C31H32FN7O7. The van der Waals surface area contributed by atoms with Crippen LogP contribution in [-0.4, -0.2) is 44.7 Å². The van der Waals surface area contributed by atoms with E-state index in [1.54, 1.807) is 12.1 Å². The Morgan fingerprint density at radius 1 is 1.04 bits per heavy atom. The molecule has 5 aromatic rings. The zero-order valence-electron chi connectivity index (χ0n) is 24.0. The van der Waals surface area contributed by atoms with Gasteiger partial charge in [-0.15, -0.1) is 0 Å². The Bertz CT molecular complexity index is 1960. The number of amides is 1. The topological polar surface area (TPSA) is 221 Å². The fraction of sp³-hybridized carbons (Fsp3) is 0.194. The van der Waals surface area contributed by atoms with Crippen LogP contribution in [0.5, 0.6) is 0 Å². The molecule has 0 unspecified atom stereocenters. The number of rotatable bonds is 9. The summed E-state index contributed by atoms with van der Waals surface area (Å²) in [6.45, 7) is 1.81. The van der Waals surface area contributed by atoms with Gasteiger partial charge in [-0.1, -0.05) is 25.6 Å². The molecule has 2 heterocycles. The van der Waals surface area contributed by atoms with Gasteiger partial charge in [0.05, 0.1) is 18.9 Å². The molecule has 5 rings (SSSR count). The fourth-order valence-electron chi connectivity index (χ4n) is 4.14. The second kappa shape index (κ2) is 14.7. The predicted molar refractivity (Wildman–Crippen MR) is 168 cm³/mol. The molecule has 0 aliphatic rings. The van der Waals surface area contributed by atoms with E-state index in [1.165, 1.54) is 37.6 Å². The van der Waals surface area contributed by atoms with Gasteiger partial charge in [0.15, 0.2) is 11.3 Å². The fourth-order valence-corrected chi connectivity index (χ4v) is 4.14. The van der Waals surface area contributed by atoms with Gasteiger partial charge in [-0.25, -0.2) is 23.5 Å². The number of ether oxygens (including phenoxy) is 1. The molecule has 0 bridgehead atoms. The van der Waals surface area contributed by atoms with E-state index in [0.717, 1.165) is 16.1 Å². The summed E-state index contributed by atoms with van der Waals surface area (Å²) in [6.07, 6.45) is 1.36. The standard InChI is InChI=1S/C20H15FN6O5.C10H13NO2.CH4/c21-11-2-1-9(5-10(11)8-23-16-15(22)17(28)18(16)29)7-24-19(30)12-6-13(20(31)32)27-14(26-12)3-4-25-27;1-7(11)8-3-5-9(6-4-8)10(12)13-2;/h1-6,23H,7-8,22H2,(H,24,30)(H,31,32);3-7H,11H2,1-2H3;1H4/t;7-;/m.1./s1. The summed E-state index contributed by atoms with van der Waals surface area (Å²) in [7, 11) is 1.36.